The van der Waals surface area contributed by atoms with Crippen LogP contribution in [0.2, 0.25) is 0 Å². The second kappa shape index (κ2) is 3.23. The summed E-state index contributed by atoms with van der Waals surface area (Å²) in [6, 6.07) is 0. The fourth-order valence-electron chi connectivity index (χ4n) is 2.38. The van der Waals surface area contributed by atoms with Crippen LogP contribution in [0.5, 0.6) is 0 Å². The molecule has 76 valence electrons. The van der Waals surface area contributed by atoms with Crippen molar-refractivity contribution in [3.63, 3.8) is 0 Å². The quantitative estimate of drug-likeness (QED) is 0.523. The smallest absolute Gasteiger partial charge is 0.0813 e. The minimum absolute atomic E-state index is 0.298. The molecule has 1 spiro atoms. The van der Waals surface area contributed by atoms with E-state index in [0.29, 0.717) is 5.66 Å². The molecule has 2 saturated heterocycles. The van der Waals surface area contributed by atoms with E-state index in [1.54, 1.807) is 0 Å². The van der Waals surface area contributed by atoms with E-state index in [4.69, 9.17) is 0 Å². The molecule has 3 nitrogen and oxygen atoms in total. The number of rotatable bonds is 0. The Hall–Kier alpha value is -0.120. The van der Waals surface area contributed by atoms with E-state index in [1.165, 1.54) is 49.9 Å². The zero-order valence-electron chi connectivity index (χ0n) is 8.90. The van der Waals surface area contributed by atoms with Gasteiger partial charge < -0.3 is 4.48 Å². The first-order chi connectivity index (χ1) is 6.12. The summed E-state index contributed by atoms with van der Waals surface area (Å²) >= 11 is 0. The molecule has 0 aromatic heterocycles. The van der Waals surface area contributed by atoms with Gasteiger partial charge in [0.2, 0.25) is 0 Å². The fourth-order valence-corrected chi connectivity index (χ4v) is 2.38. The Morgan fingerprint density at radius 3 is 2.08 bits per heavy atom. The van der Waals surface area contributed by atoms with Crippen molar-refractivity contribution in [2.45, 2.75) is 24.9 Å². The molecule has 2 aliphatic rings. The highest BCUT2D eigenvalue weighted by atomic mass is 15.3. The second-order valence-electron chi connectivity index (χ2n) is 5.17. The van der Waals surface area contributed by atoms with Crippen LogP contribution in [0.4, 0.5) is 0 Å². The highest BCUT2D eigenvalue weighted by Gasteiger charge is 2.39. The highest BCUT2D eigenvalue weighted by Crippen LogP contribution is 2.23. The third-order valence-corrected chi connectivity index (χ3v) is 3.57. The normalized spacial score (nSPS) is 31.8. The van der Waals surface area contributed by atoms with Crippen molar-refractivity contribution in [1.82, 2.24) is 10.6 Å². The van der Waals surface area contributed by atoms with Crippen molar-refractivity contribution < 1.29 is 4.48 Å². The molecule has 0 aromatic rings. The molecule has 0 saturated carbocycles. The van der Waals surface area contributed by atoms with Crippen molar-refractivity contribution in [3.05, 3.63) is 0 Å². The van der Waals surface area contributed by atoms with Gasteiger partial charge in [-0.05, 0) is 19.5 Å². The molecule has 2 N–H and O–H groups in total. The van der Waals surface area contributed by atoms with Crippen LogP contribution >= 0.6 is 0 Å². The lowest BCUT2D eigenvalue weighted by Crippen LogP contribution is -2.67. The van der Waals surface area contributed by atoms with Crippen LogP contribution in [-0.4, -0.2) is 50.4 Å². The fraction of sp³-hybridized carbons (Fsp3) is 1.00. The van der Waals surface area contributed by atoms with E-state index in [0.717, 1.165) is 0 Å². The maximum Gasteiger partial charge on any atom is 0.0813 e. The number of likely N-dealkylation sites (tertiary alicyclic amines) is 1. The van der Waals surface area contributed by atoms with Gasteiger partial charge in [-0.2, -0.15) is 0 Å². The molecule has 0 bridgehead atoms. The van der Waals surface area contributed by atoms with Gasteiger partial charge in [-0.1, -0.05) is 0 Å². The monoisotopic (exact) mass is 184 g/mol. The first kappa shape index (κ1) is 9.44. The molecule has 2 rings (SSSR count). The Bertz CT molecular complexity index is 171. The summed E-state index contributed by atoms with van der Waals surface area (Å²) in [4.78, 5) is 0. The summed E-state index contributed by atoms with van der Waals surface area (Å²) in [7, 11) is 4.66. The number of nitrogens with zero attached hydrogens (tertiary/aromatic N) is 1. The van der Waals surface area contributed by atoms with E-state index < -0.39 is 0 Å². The molecule has 0 radical (unpaired) electrons. The van der Waals surface area contributed by atoms with Crippen LogP contribution in [0.15, 0.2) is 0 Å². The third kappa shape index (κ3) is 2.03. The number of hydrogen-bond acceptors (Lipinski definition) is 2. The predicted molar refractivity (Wildman–Crippen MR) is 54.4 cm³/mol. The molecule has 2 aliphatic heterocycles. The summed E-state index contributed by atoms with van der Waals surface area (Å²) in [5, 5.41) is 7.30. The van der Waals surface area contributed by atoms with E-state index in [1.807, 2.05) is 0 Å². The van der Waals surface area contributed by atoms with Gasteiger partial charge in [0.25, 0.3) is 0 Å². The first-order valence-corrected chi connectivity index (χ1v) is 5.44. The largest absolute Gasteiger partial charge is 0.328 e. The summed E-state index contributed by atoms with van der Waals surface area (Å²) in [6.07, 6.45) is 3.83. The van der Waals surface area contributed by atoms with Gasteiger partial charge in [-0.3, -0.25) is 10.6 Å². The van der Waals surface area contributed by atoms with Crippen LogP contribution in [0.25, 0.3) is 0 Å². The lowest BCUT2D eigenvalue weighted by Gasteiger charge is -2.47. The Morgan fingerprint density at radius 1 is 1.00 bits per heavy atom. The van der Waals surface area contributed by atoms with Crippen LogP contribution in [0.3, 0.4) is 0 Å². The lowest BCUT2D eigenvalue weighted by molar-refractivity contribution is -0.896. The Balaban J connectivity index is 1.95. The summed E-state index contributed by atoms with van der Waals surface area (Å²) in [5.41, 5.74) is 0.298. The highest BCUT2D eigenvalue weighted by molar-refractivity contribution is 4.90. The van der Waals surface area contributed by atoms with E-state index in [9.17, 15) is 0 Å². The molecule has 0 aromatic carbocycles. The number of nitrogens with one attached hydrogen (secondary N) is 2. The molecule has 3 heteroatoms. The standard InChI is InChI=1S/C10H22N3/c1-13(2)8-4-10(5-9-13)11-6-3-7-12-10/h11-12H,3-9H2,1-2H3/q+1. The zero-order valence-corrected chi connectivity index (χ0v) is 8.90. The summed E-state index contributed by atoms with van der Waals surface area (Å²) in [6.45, 7) is 4.97. The SMILES string of the molecule is C[N+]1(C)CCC2(CC1)NCCCN2. The molecule has 13 heavy (non-hydrogen) atoms. The van der Waals surface area contributed by atoms with Gasteiger partial charge >= 0.3 is 0 Å². The minimum atomic E-state index is 0.298. The first-order valence-electron chi connectivity index (χ1n) is 5.44. The van der Waals surface area contributed by atoms with Gasteiger partial charge in [-0.25, -0.2) is 0 Å². The van der Waals surface area contributed by atoms with Gasteiger partial charge in [-0.15, -0.1) is 0 Å². The van der Waals surface area contributed by atoms with Gasteiger partial charge in [0, 0.05) is 12.8 Å². The summed E-state index contributed by atoms with van der Waals surface area (Å²) < 4.78 is 1.19. The molecular weight excluding hydrogens is 162 g/mol. The average Bonchev–Trinajstić information content (AvgIpc) is 2.13. The maximum absolute atomic E-state index is 3.65. The van der Waals surface area contributed by atoms with E-state index in [2.05, 4.69) is 24.7 Å². The van der Waals surface area contributed by atoms with Crippen LogP contribution in [0, 0.1) is 0 Å². The zero-order chi connectivity index (χ0) is 9.36. The van der Waals surface area contributed by atoms with Crippen molar-refractivity contribution in [2.75, 3.05) is 40.3 Å². The van der Waals surface area contributed by atoms with Gasteiger partial charge in [0.05, 0.1) is 32.8 Å². The Kier molecular flexibility index (Phi) is 2.34. The van der Waals surface area contributed by atoms with E-state index in [-0.39, 0.29) is 0 Å². The van der Waals surface area contributed by atoms with E-state index >= 15 is 0 Å². The van der Waals surface area contributed by atoms with Crippen LogP contribution in [0.1, 0.15) is 19.3 Å². The third-order valence-electron chi connectivity index (χ3n) is 3.57. The maximum atomic E-state index is 3.65. The molecule has 2 fully saturated rings. The summed E-state index contributed by atoms with van der Waals surface area (Å²) in [5.74, 6) is 0. The minimum Gasteiger partial charge on any atom is -0.328 e. The number of piperidine rings is 1. The van der Waals surface area contributed by atoms with Crippen molar-refractivity contribution in [1.29, 1.82) is 0 Å². The van der Waals surface area contributed by atoms with Gasteiger partial charge in [0.15, 0.2) is 0 Å². The Labute approximate surface area is 81.1 Å². The average molecular weight is 184 g/mol. The lowest BCUT2D eigenvalue weighted by atomic mass is 9.93. The molecule has 0 atom stereocenters. The molecule has 0 unspecified atom stereocenters. The van der Waals surface area contributed by atoms with Crippen molar-refractivity contribution in [2.24, 2.45) is 0 Å². The number of hydrogen-bond donors (Lipinski definition) is 2. The molecule has 0 amide bonds. The topological polar surface area (TPSA) is 24.1 Å². The van der Waals surface area contributed by atoms with Gasteiger partial charge in [0.1, 0.15) is 0 Å². The Morgan fingerprint density at radius 2 is 1.54 bits per heavy atom. The van der Waals surface area contributed by atoms with Crippen molar-refractivity contribution in [3.8, 4) is 0 Å². The molecule has 2 heterocycles. The van der Waals surface area contributed by atoms with Crippen LogP contribution in [-0.2, 0) is 0 Å². The van der Waals surface area contributed by atoms with Crippen LogP contribution < -0.4 is 10.6 Å². The molecule has 0 aliphatic carbocycles. The molecular formula is C10H22N3+. The predicted octanol–water partition coefficient (Wildman–Crippen LogP) is 0.136. The second-order valence-corrected chi connectivity index (χ2v) is 5.17. The number of quaternary nitrogens is 1. The van der Waals surface area contributed by atoms with Crippen molar-refractivity contribution >= 4 is 0 Å².